The Hall–Kier alpha value is -0.940. The molecule has 5 heteroatoms. The fourth-order valence-corrected chi connectivity index (χ4v) is 2.13. The molecule has 0 amide bonds. The highest BCUT2D eigenvalue weighted by molar-refractivity contribution is 4.97. The molecule has 0 radical (unpaired) electrons. The molecule has 5 nitrogen and oxygen atoms in total. The van der Waals surface area contributed by atoms with Gasteiger partial charge in [-0.05, 0) is 13.8 Å². The van der Waals surface area contributed by atoms with Crippen LogP contribution in [-0.4, -0.2) is 45.8 Å². The average molecular weight is 209 g/mol. The van der Waals surface area contributed by atoms with Crippen molar-refractivity contribution in [1.29, 1.82) is 0 Å². The molecule has 84 valence electrons. The van der Waals surface area contributed by atoms with E-state index in [4.69, 9.17) is 0 Å². The first kappa shape index (κ1) is 10.6. The molecule has 1 aromatic rings. The fourth-order valence-electron chi connectivity index (χ4n) is 2.13. The van der Waals surface area contributed by atoms with Crippen molar-refractivity contribution in [1.82, 2.24) is 25.0 Å². The van der Waals surface area contributed by atoms with Crippen molar-refractivity contribution in [3.8, 4) is 0 Å². The normalized spacial score (nSPS) is 20.5. The van der Waals surface area contributed by atoms with Crippen LogP contribution >= 0.6 is 0 Å². The summed E-state index contributed by atoms with van der Waals surface area (Å²) in [5.41, 5.74) is 0. The van der Waals surface area contributed by atoms with Gasteiger partial charge in [0.25, 0.3) is 0 Å². The first-order valence-electron chi connectivity index (χ1n) is 5.51. The average Bonchev–Trinajstić information content (AvgIpc) is 2.58. The zero-order valence-electron chi connectivity index (χ0n) is 9.69. The molecule has 1 unspecified atom stereocenters. The highest BCUT2D eigenvalue weighted by Crippen LogP contribution is 2.17. The van der Waals surface area contributed by atoms with E-state index in [2.05, 4.69) is 27.2 Å². The summed E-state index contributed by atoms with van der Waals surface area (Å²) in [5.74, 6) is 1.92. The molecule has 1 atom stereocenters. The Morgan fingerprint density at radius 2 is 2.00 bits per heavy atom. The quantitative estimate of drug-likeness (QED) is 0.750. The van der Waals surface area contributed by atoms with Gasteiger partial charge in [-0.3, -0.25) is 9.58 Å². The number of hydrogen-bond acceptors (Lipinski definition) is 4. The predicted molar refractivity (Wildman–Crippen MR) is 58.6 cm³/mol. The topological polar surface area (TPSA) is 46.0 Å². The van der Waals surface area contributed by atoms with Crippen LogP contribution in [0.1, 0.15) is 24.6 Å². The van der Waals surface area contributed by atoms with Gasteiger partial charge in [-0.25, -0.2) is 4.98 Å². The molecule has 2 heterocycles. The molecule has 0 bridgehead atoms. The van der Waals surface area contributed by atoms with E-state index in [1.54, 1.807) is 0 Å². The largest absolute Gasteiger partial charge is 0.314 e. The molecule has 0 aliphatic carbocycles. The van der Waals surface area contributed by atoms with Crippen molar-refractivity contribution >= 4 is 0 Å². The van der Waals surface area contributed by atoms with Gasteiger partial charge >= 0.3 is 0 Å². The zero-order chi connectivity index (χ0) is 10.8. The molecule has 0 aromatic carbocycles. The van der Waals surface area contributed by atoms with E-state index in [1.165, 1.54) is 0 Å². The summed E-state index contributed by atoms with van der Waals surface area (Å²) in [4.78, 5) is 6.92. The summed E-state index contributed by atoms with van der Waals surface area (Å²) in [6.45, 7) is 8.46. The molecule has 2 rings (SSSR count). The molecular weight excluding hydrogens is 190 g/mol. The Kier molecular flexibility index (Phi) is 3.02. The molecule has 15 heavy (non-hydrogen) atoms. The second kappa shape index (κ2) is 4.28. The van der Waals surface area contributed by atoms with E-state index in [9.17, 15) is 0 Å². The molecule has 0 saturated carbocycles. The Labute approximate surface area is 90.5 Å². The van der Waals surface area contributed by atoms with Gasteiger partial charge in [-0.15, -0.1) is 0 Å². The molecule has 1 aromatic heterocycles. The van der Waals surface area contributed by atoms with E-state index in [1.807, 2.05) is 18.7 Å². The minimum atomic E-state index is 0.360. The van der Waals surface area contributed by atoms with Gasteiger partial charge in [0.15, 0.2) is 0 Å². The van der Waals surface area contributed by atoms with Gasteiger partial charge < -0.3 is 5.32 Å². The van der Waals surface area contributed by atoms with Crippen molar-refractivity contribution < 1.29 is 0 Å². The molecule has 1 N–H and O–H groups in total. The number of piperazine rings is 1. The predicted octanol–water partition coefficient (Wildman–Crippen LogP) is 0.0897. The molecular formula is C10H19N5. The van der Waals surface area contributed by atoms with E-state index < -0.39 is 0 Å². The van der Waals surface area contributed by atoms with Gasteiger partial charge in [0.2, 0.25) is 0 Å². The van der Waals surface area contributed by atoms with Gasteiger partial charge in [-0.1, -0.05) is 0 Å². The maximum atomic E-state index is 4.48. The van der Waals surface area contributed by atoms with Crippen molar-refractivity contribution in [3.63, 3.8) is 0 Å². The summed E-state index contributed by atoms with van der Waals surface area (Å²) in [5, 5.41) is 7.65. The number of aromatic nitrogens is 3. The van der Waals surface area contributed by atoms with E-state index in [-0.39, 0.29) is 0 Å². The number of hydrogen-bond donors (Lipinski definition) is 1. The van der Waals surface area contributed by atoms with Crippen LogP contribution in [0.5, 0.6) is 0 Å². The summed E-state index contributed by atoms with van der Waals surface area (Å²) in [6, 6.07) is 0.360. The van der Waals surface area contributed by atoms with E-state index in [0.717, 1.165) is 37.8 Å². The van der Waals surface area contributed by atoms with Gasteiger partial charge in [0.05, 0.1) is 6.04 Å². The van der Waals surface area contributed by atoms with Crippen LogP contribution in [0, 0.1) is 6.92 Å². The number of nitrogens with one attached hydrogen (secondary N) is 1. The number of nitrogens with zero attached hydrogens (tertiary/aromatic N) is 4. The lowest BCUT2D eigenvalue weighted by Gasteiger charge is -2.31. The first-order chi connectivity index (χ1) is 7.18. The second-order valence-corrected chi connectivity index (χ2v) is 4.10. The highest BCUT2D eigenvalue weighted by atomic mass is 15.4. The molecule has 1 fully saturated rings. The molecule has 1 aliphatic rings. The lowest BCUT2D eigenvalue weighted by Crippen LogP contribution is -2.44. The maximum absolute atomic E-state index is 4.48. The first-order valence-corrected chi connectivity index (χ1v) is 5.51. The van der Waals surface area contributed by atoms with Crippen LogP contribution in [0.25, 0.3) is 0 Å². The number of aryl methyl sites for hydroxylation is 2. The Morgan fingerprint density at radius 3 is 2.53 bits per heavy atom. The standard InChI is InChI=1S/C10H19N5/c1-8(15-6-4-11-5-7-15)10-12-9(2)13-14(10)3/h8,11H,4-7H2,1-3H3. The van der Waals surface area contributed by atoms with Crippen molar-refractivity contribution in [3.05, 3.63) is 11.6 Å². The molecule has 1 aliphatic heterocycles. The summed E-state index contributed by atoms with van der Waals surface area (Å²) >= 11 is 0. The lowest BCUT2D eigenvalue weighted by atomic mass is 10.2. The summed E-state index contributed by atoms with van der Waals surface area (Å²) < 4.78 is 1.89. The fraction of sp³-hybridized carbons (Fsp3) is 0.800. The van der Waals surface area contributed by atoms with Crippen LogP contribution in [0.3, 0.4) is 0 Å². The van der Waals surface area contributed by atoms with Crippen LogP contribution in [0.4, 0.5) is 0 Å². The Bertz CT molecular complexity index is 327. The molecule has 1 saturated heterocycles. The van der Waals surface area contributed by atoms with Gasteiger partial charge in [0, 0.05) is 33.2 Å². The van der Waals surface area contributed by atoms with Gasteiger partial charge in [0.1, 0.15) is 11.6 Å². The summed E-state index contributed by atoms with van der Waals surface area (Å²) in [7, 11) is 1.97. The monoisotopic (exact) mass is 209 g/mol. The maximum Gasteiger partial charge on any atom is 0.147 e. The Balaban J connectivity index is 2.12. The van der Waals surface area contributed by atoms with Crippen molar-refractivity contribution in [2.24, 2.45) is 7.05 Å². The van der Waals surface area contributed by atoms with Gasteiger partial charge in [-0.2, -0.15) is 5.10 Å². The zero-order valence-corrected chi connectivity index (χ0v) is 9.69. The SMILES string of the molecule is Cc1nc(C(C)N2CCNCC2)n(C)n1. The third-order valence-corrected chi connectivity index (χ3v) is 2.98. The van der Waals surface area contributed by atoms with Crippen LogP contribution < -0.4 is 5.32 Å². The molecule has 0 spiro atoms. The highest BCUT2D eigenvalue weighted by Gasteiger charge is 2.21. The second-order valence-electron chi connectivity index (χ2n) is 4.10. The van der Waals surface area contributed by atoms with Crippen LogP contribution in [0.2, 0.25) is 0 Å². The van der Waals surface area contributed by atoms with E-state index in [0.29, 0.717) is 6.04 Å². The third-order valence-electron chi connectivity index (χ3n) is 2.98. The minimum absolute atomic E-state index is 0.360. The third kappa shape index (κ3) is 2.18. The van der Waals surface area contributed by atoms with Crippen molar-refractivity contribution in [2.75, 3.05) is 26.2 Å². The van der Waals surface area contributed by atoms with Crippen LogP contribution in [0.15, 0.2) is 0 Å². The summed E-state index contributed by atoms with van der Waals surface area (Å²) in [6.07, 6.45) is 0. The van der Waals surface area contributed by atoms with E-state index >= 15 is 0 Å². The Morgan fingerprint density at radius 1 is 1.33 bits per heavy atom. The lowest BCUT2D eigenvalue weighted by molar-refractivity contribution is 0.176. The number of rotatable bonds is 2. The smallest absolute Gasteiger partial charge is 0.147 e. The minimum Gasteiger partial charge on any atom is -0.314 e. The van der Waals surface area contributed by atoms with Crippen molar-refractivity contribution in [2.45, 2.75) is 19.9 Å². The van der Waals surface area contributed by atoms with Crippen LogP contribution in [-0.2, 0) is 7.05 Å².